The lowest BCUT2D eigenvalue weighted by Crippen LogP contribution is -2.23. The average molecular weight is 243 g/mol. The third-order valence-electron chi connectivity index (χ3n) is 3.84. The molecule has 1 saturated carbocycles. The van der Waals surface area contributed by atoms with Gasteiger partial charge >= 0.3 is 0 Å². The van der Waals surface area contributed by atoms with E-state index in [0.29, 0.717) is 12.5 Å². The lowest BCUT2D eigenvalue weighted by Gasteiger charge is -2.20. The first kappa shape index (κ1) is 13.0. The first-order valence-corrected chi connectivity index (χ1v) is 6.79. The third kappa shape index (κ3) is 2.85. The Morgan fingerprint density at radius 3 is 2.67 bits per heavy atom. The van der Waals surface area contributed by atoms with Crippen molar-refractivity contribution >= 4 is 0 Å². The predicted octanol–water partition coefficient (Wildman–Crippen LogP) is 4.27. The zero-order valence-corrected chi connectivity index (χ0v) is 11.3. The van der Waals surface area contributed by atoms with Crippen LogP contribution in [0.1, 0.15) is 51.0 Å². The van der Waals surface area contributed by atoms with E-state index in [0.717, 1.165) is 31.4 Å². The Bertz CT molecular complexity index is 439. The van der Waals surface area contributed by atoms with E-state index in [9.17, 15) is 5.26 Å². The van der Waals surface area contributed by atoms with Gasteiger partial charge in [0.2, 0.25) is 0 Å². The number of rotatable bonds is 4. The Morgan fingerprint density at radius 2 is 2.06 bits per heavy atom. The van der Waals surface area contributed by atoms with E-state index in [4.69, 9.17) is 4.74 Å². The molecule has 0 N–H and O–H groups in total. The highest BCUT2D eigenvalue weighted by atomic mass is 16.5. The number of nitrogens with zero attached hydrogens (tertiary/aromatic N) is 1. The SMILES string of the molecule is CC(C)c1cccc(OCC2(C#N)CCCC2)c1. The molecule has 1 aromatic rings. The Balaban J connectivity index is 2.02. The second kappa shape index (κ2) is 5.44. The standard InChI is InChI=1S/C16H21NO/c1-13(2)14-6-5-7-15(10-14)18-12-16(11-17)8-3-4-9-16/h5-7,10,13H,3-4,8-9,12H2,1-2H3. The Hall–Kier alpha value is -1.49. The first-order chi connectivity index (χ1) is 8.65. The predicted molar refractivity (Wildman–Crippen MR) is 72.5 cm³/mol. The molecule has 0 aromatic heterocycles. The molecule has 96 valence electrons. The highest BCUT2D eigenvalue weighted by molar-refractivity contribution is 5.30. The van der Waals surface area contributed by atoms with Gasteiger partial charge in [0.25, 0.3) is 0 Å². The van der Waals surface area contributed by atoms with E-state index < -0.39 is 0 Å². The van der Waals surface area contributed by atoms with Gasteiger partial charge in [-0.15, -0.1) is 0 Å². The largest absolute Gasteiger partial charge is 0.492 e. The molecule has 2 nitrogen and oxygen atoms in total. The quantitative estimate of drug-likeness (QED) is 0.791. The topological polar surface area (TPSA) is 33.0 Å². The fourth-order valence-corrected chi connectivity index (χ4v) is 2.53. The number of hydrogen-bond acceptors (Lipinski definition) is 2. The highest BCUT2D eigenvalue weighted by Crippen LogP contribution is 2.38. The molecule has 1 fully saturated rings. The summed E-state index contributed by atoms with van der Waals surface area (Å²) < 4.78 is 5.85. The van der Waals surface area contributed by atoms with E-state index >= 15 is 0 Å². The van der Waals surface area contributed by atoms with Crippen molar-refractivity contribution in [2.24, 2.45) is 5.41 Å². The maximum absolute atomic E-state index is 9.31. The molecule has 18 heavy (non-hydrogen) atoms. The Labute approximate surface area is 110 Å². The van der Waals surface area contributed by atoms with Gasteiger partial charge in [0.1, 0.15) is 12.4 Å². The van der Waals surface area contributed by atoms with Crippen molar-refractivity contribution in [2.75, 3.05) is 6.61 Å². The van der Waals surface area contributed by atoms with Gasteiger partial charge in [-0.25, -0.2) is 0 Å². The zero-order chi connectivity index (χ0) is 13.0. The second-order valence-electron chi connectivity index (χ2n) is 5.62. The second-order valence-corrected chi connectivity index (χ2v) is 5.62. The Kier molecular flexibility index (Phi) is 3.91. The molecule has 2 rings (SSSR count). The van der Waals surface area contributed by atoms with Crippen molar-refractivity contribution < 1.29 is 4.74 Å². The van der Waals surface area contributed by atoms with Gasteiger partial charge in [-0.05, 0) is 36.5 Å². The minimum absolute atomic E-state index is 0.242. The molecule has 0 heterocycles. The van der Waals surface area contributed by atoms with Crippen LogP contribution < -0.4 is 4.74 Å². The Morgan fingerprint density at radius 1 is 1.33 bits per heavy atom. The molecule has 2 heteroatoms. The van der Waals surface area contributed by atoms with Crippen molar-refractivity contribution in [1.29, 1.82) is 5.26 Å². The minimum Gasteiger partial charge on any atom is -0.492 e. The molecule has 0 unspecified atom stereocenters. The van der Waals surface area contributed by atoms with E-state index in [2.05, 4.69) is 32.0 Å². The molecule has 0 atom stereocenters. The van der Waals surface area contributed by atoms with Gasteiger partial charge in [-0.3, -0.25) is 0 Å². The summed E-state index contributed by atoms with van der Waals surface area (Å²) in [7, 11) is 0. The summed E-state index contributed by atoms with van der Waals surface area (Å²) in [6.07, 6.45) is 4.27. The molecular formula is C16H21NO. The normalized spacial score (nSPS) is 17.7. The van der Waals surface area contributed by atoms with E-state index in [1.807, 2.05) is 12.1 Å². The summed E-state index contributed by atoms with van der Waals surface area (Å²) >= 11 is 0. The maximum Gasteiger partial charge on any atom is 0.119 e. The van der Waals surface area contributed by atoms with Crippen LogP contribution in [0.2, 0.25) is 0 Å². The molecule has 0 aliphatic heterocycles. The number of hydrogen-bond donors (Lipinski definition) is 0. The van der Waals surface area contributed by atoms with Crippen molar-refractivity contribution in [3.63, 3.8) is 0 Å². The zero-order valence-electron chi connectivity index (χ0n) is 11.3. The first-order valence-electron chi connectivity index (χ1n) is 6.79. The summed E-state index contributed by atoms with van der Waals surface area (Å²) in [5.74, 6) is 1.40. The van der Waals surface area contributed by atoms with Crippen LogP contribution in [-0.4, -0.2) is 6.61 Å². The molecule has 1 aliphatic rings. The summed E-state index contributed by atoms with van der Waals surface area (Å²) in [6.45, 7) is 4.88. The van der Waals surface area contributed by atoms with Crippen LogP contribution >= 0.6 is 0 Å². The van der Waals surface area contributed by atoms with E-state index in [1.54, 1.807) is 0 Å². The number of nitriles is 1. The molecule has 0 radical (unpaired) electrons. The van der Waals surface area contributed by atoms with Crippen LogP contribution in [0, 0.1) is 16.7 Å². The minimum atomic E-state index is -0.242. The number of benzene rings is 1. The molecular weight excluding hydrogens is 222 g/mol. The monoisotopic (exact) mass is 243 g/mol. The summed E-state index contributed by atoms with van der Waals surface area (Å²) in [6, 6.07) is 10.7. The van der Waals surface area contributed by atoms with Crippen molar-refractivity contribution in [3.8, 4) is 11.8 Å². The fraction of sp³-hybridized carbons (Fsp3) is 0.562. The van der Waals surface area contributed by atoms with Crippen LogP contribution in [0.4, 0.5) is 0 Å². The van der Waals surface area contributed by atoms with E-state index in [1.165, 1.54) is 5.56 Å². The molecule has 0 amide bonds. The van der Waals surface area contributed by atoms with Gasteiger partial charge in [-0.1, -0.05) is 38.8 Å². The van der Waals surface area contributed by atoms with Gasteiger partial charge in [0.05, 0.1) is 11.5 Å². The average Bonchev–Trinajstić information content (AvgIpc) is 2.86. The molecule has 1 aliphatic carbocycles. The summed E-state index contributed by atoms with van der Waals surface area (Å²) in [5.41, 5.74) is 1.04. The maximum atomic E-state index is 9.31. The molecule has 0 saturated heterocycles. The van der Waals surface area contributed by atoms with Gasteiger partial charge in [0.15, 0.2) is 0 Å². The lowest BCUT2D eigenvalue weighted by atomic mass is 9.89. The molecule has 1 aromatic carbocycles. The van der Waals surface area contributed by atoms with Crippen molar-refractivity contribution in [1.82, 2.24) is 0 Å². The molecule has 0 spiro atoms. The van der Waals surface area contributed by atoms with Crippen LogP contribution in [0.15, 0.2) is 24.3 Å². The van der Waals surface area contributed by atoms with Crippen molar-refractivity contribution in [3.05, 3.63) is 29.8 Å². The highest BCUT2D eigenvalue weighted by Gasteiger charge is 2.34. The van der Waals surface area contributed by atoms with Crippen LogP contribution in [0.3, 0.4) is 0 Å². The van der Waals surface area contributed by atoms with Crippen molar-refractivity contribution in [2.45, 2.75) is 45.4 Å². The van der Waals surface area contributed by atoms with Gasteiger partial charge < -0.3 is 4.74 Å². The summed E-state index contributed by atoms with van der Waals surface area (Å²) in [5, 5.41) is 9.31. The molecule has 0 bridgehead atoms. The van der Waals surface area contributed by atoms with Crippen LogP contribution in [0.5, 0.6) is 5.75 Å². The smallest absolute Gasteiger partial charge is 0.119 e. The van der Waals surface area contributed by atoms with Crippen LogP contribution in [-0.2, 0) is 0 Å². The fourth-order valence-electron chi connectivity index (χ4n) is 2.53. The number of ether oxygens (including phenoxy) is 1. The summed E-state index contributed by atoms with van der Waals surface area (Å²) in [4.78, 5) is 0. The lowest BCUT2D eigenvalue weighted by molar-refractivity contribution is 0.201. The third-order valence-corrected chi connectivity index (χ3v) is 3.84. The van der Waals surface area contributed by atoms with Gasteiger partial charge in [0, 0.05) is 0 Å². The van der Waals surface area contributed by atoms with E-state index in [-0.39, 0.29) is 5.41 Å². The van der Waals surface area contributed by atoms with Gasteiger partial charge in [-0.2, -0.15) is 5.26 Å². The van der Waals surface area contributed by atoms with Crippen LogP contribution in [0.25, 0.3) is 0 Å².